The van der Waals surface area contributed by atoms with Crippen molar-refractivity contribution >= 4 is 0 Å². The fourth-order valence-electron chi connectivity index (χ4n) is 1.69. The first-order valence-corrected chi connectivity index (χ1v) is 5.32. The van der Waals surface area contributed by atoms with E-state index in [0.717, 1.165) is 12.1 Å². The second kappa shape index (κ2) is 3.78. The Morgan fingerprint density at radius 2 is 2.08 bits per heavy atom. The van der Waals surface area contributed by atoms with Gasteiger partial charge in [0.2, 0.25) is 0 Å². The van der Waals surface area contributed by atoms with Crippen molar-refractivity contribution in [1.82, 2.24) is 5.32 Å². The van der Waals surface area contributed by atoms with Crippen molar-refractivity contribution in [3.05, 3.63) is 0 Å². The molecule has 0 bridgehead atoms. The topological polar surface area (TPSA) is 12.0 Å². The van der Waals surface area contributed by atoms with E-state index in [-0.39, 0.29) is 0 Å². The van der Waals surface area contributed by atoms with Gasteiger partial charge in [-0.2, -0.15) is 0 Å². The molecule has 0 aliphatic heterocycles. The molecule has 0 aromatic heterocycles. The van der Waals surface area contributed by atoms with E-state index in [9.17, 15) is 0 Å². The first-order valence-electron chi connectivity index (χ1n) is 5.32. The van der Waals surface area contributed by atoms with Gasteiger partial charge in [-0.1, -0.05) is 33.6 Å². The number of nitrogens with one attached hydrogen (secondary N) is 1. The predicted molar refractivity (Wildman–Crippen MR) is 54.3 cm³/mol. The number of hydrogen-bond acceptors (Lipinski definition) is 1. The van der Waals surface area contributed by atoms with Crippen LogP contribution in [0.25, 0.3) is 0 Å². The summed E-state index contributed by atoms with van der Waals surface area (Å²) >= 11 is 0. The van der Waals surface area contributed by atoms with E-state index < -0.39 is 0 Å². The van der Waals surface area contributed by atoms with Gasteiger partial charge in [0.15, 0.2) is 0 Å². The molecule has 1 rings (SSSR count). The van der Waals surface area contributed by atoms with Crippen molar-refractivity contribution in [1.29, 1.82) is 0 Å². The maximum atomic E-state index is 3.68. The second-order valence-electron chi connectivity index (χ2n) is 4.96. The van der Waals surface area contributed by atoms with Gasteiger partial charge in [0.1, 0.15) is 0 Å². The standard InChI is InChI=1S/C11H23N/c1-5-6-7-9(2)12-10-8-11(10,3)4/h9-10,12H,5-8H2,1-4H3. The summed E-state index contributed by atoms with van der Waals surface area (Å²) in [5.41, 5.74) is 0.584. The van der Waals surface area contributed by atoms with Gasteiger partial charge in [-0.3, -0.25) is 0 Å². The molecule has 1 saturated carbocycles. The lowest BCUT2D eigenvalue weighted by Crippen LogP contribution is -2.30. The maximum Gasteiger partial charge on any atom is 0.0127 e. The summed E-state index contributed by atoms with van der Waals surface area (Å²) in [6, 6.07) is 1.51. The van der Waals surface area contributed by atoms with Gasteiger partial charge >= 0.3 is 0 Å². The van der Waals surface area contributed by atoms with Crippen molar-refractivity contribution in [2.75, 3.05) is 0 Å². The van der Waals surface area contributed by atoms with Crippen molar-refractivity contribution in [3.8, 4) is 0 Å². The zero-order valence-electron chi connectivity index (χ0n) is 8.98. The van der Waals surface area contributed by atoms with E-state index in [0.29, 0.717) is 5.41 Å². The fourth-order valence-corrected chi connectivity index (χ4v) is 1.69. The molecule has 0 aromatic rings. The molecule has 0 amide bonds. The highest BCUT2D eigenvalue weighted by Gasteiger charge is 2.45. The van der Waals surface area contributed by atoms with Gasteiger partial charge in [0, 0.05) is 12.1 Å². The van der Waals surface area contributed by atoms with E-state index in [4.69, 9.17) is 0 Å². The molecule has 0 spiro atoms. The minimum atomic E-state index is 0.584. The van der Waals surface area contributed by atoms with Crippen LogP contribution >= 0.6 is 0 Å². The Kier molecular flexibility index (Phi) is 3.16. The fraction of sp³-hybridized carbons (Fsp3) is 1.00. The highest BCUT2D eigenvalue weighted by atomic mass is 15.0. The summed E-state index contributed by atoms with van der Waals surface area (Å²) in [6.45, 7) is 9.26. The SMILES string of the molecule is CCCCC(C)NC1CC1(C)C. The van der Waals surface area contributed by atoms with Crippen LogP contribution in [0.1, 0.15) is 53.4 Å². The van der Waals surface area contributed by atoms with Crippen LogP contribution < -0.4 is 5.32 Å². The molecule has 2 atom stereocenters. The molecule has 72 valence electrons. The third-order valence-electron chi connectivity index (χ3n) is 2.99. The maximum absolute atomic E-state index is 3.68. The van der Waals surface area contributed by atoms with Gasteiger partial charge in [-0.05, 0) is 25.2 Å². The molecular weight excluding hydrogens is 146 g/mol. The first kappa shape index (κ1) is 10.0. The third-order valence-corrected chi connectivity index (χ3v) is 2.99. The van der Waals surface area contributed by atoms with Crippen molar-refractivity contribution < 1.29 is 0 Å². The summed E-state index contributed by atoms with van der Waals surface area (Å²) in [5.74, 6) is 0. The summed E-state index contributed by atoms with van der Waals surface area (Å²) in [4.78, 5) is 0. The summed E-state index contributed by atoms with van der Waals surface area (Å²) in [7, 11) is 0. The molecule has 1 nitrogen and oxygen atoms in total. The van der Waals surface area contributed by atoms with E-state index in [1.54, 1.807) is 0 Å². The van der Waals surface area contributed by atoms with Crippen LogP contribution in [-0.2, 0) is 0 Å². The largest absolute Gasteiger partial charge is 0.311 e. The van der Waals surface area contributed by atoms with Gasteiger partial charge in [0.05, 0.1) is 0 Å². The lowest BCUT2D eigenvalue weighted by molar-refractivity contribution is 0.450. The van der Waals surface area contributed by atoms with Crippen molar-refractivity contribution in [2.24, 2.45) is 5.41 Å². The smallest absolute Gasteiger partial charge is 0.0127 e. The Bertz CT molecular complexity index is 140. The molecule has 1 heteroatoms. The Labute approximate surface area is 76.9 Å². The van der Waals surface area contributed by atoms with Crippen LogP contribution in [0.2, 0.25) is 0 Å². The van der Waals surface area contributed by atoms with Crippen LogP contribution in [0, 0.1) is 5.41 Å². The minimum Gasteiger partial charge on any atom is -0.311 e. The van der Waals surface area contributed by atoms with Crippen LogP contribution in [0.15, 0.2) is 0 Å². The van der Waals surface area contributed by atoms with Crippen LogP contribution in [0.5, 0.6) is 0 Å². The molecule has 2 unspecified atom stereocenters. The highest BCUT2D eigenvalue weighted by Crippen LogP contribution is 2.44. The van der Waals surface area contributed by atoms with E-state index in [1.165, 1.54) is 25.7 Å². The monoisotopic (exact) mass is 169 g/mol. The molecule has 1 aliphatic carbocycles. The minimum absolute atomic E-state index is 0.584. The van der Waals surface area contributed by atoms with Crippen molar-refractivity contribution in [2.45, 2.75) is 65.5 Å². The third kappa shape index (κ3) is 2.78. The van der Waals surface area contributed by atoms with Gasteiger partial charge in [-0.15, -0.1) is 0 Å². The summed E-state index contributed by atoms with van der Waals surface area (Å²) < 4.78 is 0. The molecule has 1 aliphatic rings. The van der Waals surface area contributed by atoms with Gasteiger partial charge in [-0.25, -0.2) is 0 Å². The number of hydrogen-bond donors (Lipinski definition) is 1. The normalized spacial score (nSPS) is 28.5. The molecule has 1 N–H and O–H groups in total. The van der Waals surface area contributed by atoms with E-state index in [1.807, 2.05) is 0 Å². The Hall–Kier alpha value is -0.0400. The van der Waals surface area contributed by atoms with Gasteiger partial charge in [0.25, 0.3) is 0 Å². The molecule has 0 heterocycles. The highest BCUT2D eigenvalue weighted by molar-refractivity contribution is 5.02. The quantitative estimate of drug-likeness (QED) is 0.667. The molecular formula is C11H23N. The number of rotatable bonds is 5. The zero-order chi connectivity index (χ0) is 9.19. The van der Waals surface area contributed by atoms with Crippen LogP contribution in [0.3, 0.4) is 0 Å². The van der Waals surface area contributed by atoms with E-state index >= 15 is 0 Å². The van der Waals surface area contributed by atoms with Crippen LogP contribution in [0.4, 0.5) is 0 Å². The summed E-state index contributed by atoms with van der Waals surface area (Å²) in [6.07, 6.45) is 5.38. The Morgan fingerprint density at radius 1 is 1.50 bits per heavy atom. The average molecular weight is 169 g/mol. The molecule has 12 heavy (non-hydrogen) atoms. The average Bonchev–Trinajstić information content (AvgIpc) is 2.54. The Morgan fingerprint density at radius 3 is 2.50 bits per heavy atom. The lowest BCUT2D eigenvalue weighted by Gasteiger charge is -2.14. The predicted octanol–water partition coefficient (Wildman–Crippen LogP) is 2.95. The first-order chi connectivity index (χ1) is 5.56. The summed E-state index contributed by atoms with van der Waals surface area (Å²) in [5, 5.41) is 3.68. The Balaban J connectivity index is 2.07. The van der Waals surface area contributed by atoms with Crippen LogP contribution in [-0.4, -0.2) is 12.1 Å². The van der Waals surface area contributed by atoms with Crippen molar-refractivity contribution in [3.63, 3.8) is 0 Å². The second-order valence-corrected chi connectivity index (χ2v) is 4.96. The molecule has 0 saturated heterocycles. The molecule has 0 aromatic carbocycles. The zero-order valence-corrected chi connectivity index (χ0v) is 8.98. The molecule has 0 radical (unpaired) electrons. The van der Waals surface area contributed by atoms with E-state index in [2.05, 4.69) is 33.0 Å². The molecule has 1 fully saturated rings. The number of unbranched alkanes of at least 4 members (excludes halogenated alkanes) is 1. The van der Waals surface area contributed by atoms with Gasteiger partial charge < -0.3 is 5.32 Å². The lowest BCUT2D eigenvalue weighted by atomic mass is 10.1.